The predicted molar refractivity (Wildman–Crippen MR) is 188 cm³/mol. The molecule has 2 aromatic carbocycles. The molecule has 8 nitrogen and oxygen atoms in total. The maximum Gasteiger partial charge on any atom is 0.262 e. The summed E-state index contributed by atoms with van der Waals surface area (Å²) < 4.78 is 29.6. The van der Waals surface area contributed by atoms with E-state index in [1.807, 2.05) is 31.2 Å². The van der Waals surface area contributed by atoms with E-state index in [2.05, 4.69) is 49.7 Å². The molecule has 7 rings (SSSR count). The quantitative estimate of drug-likeness (QED) is 0.257. The lowest BCUT2D eigenvalue weighted by atomic mass is 9.68. The summed E-state index contributed by atoms with van der Waals surface area (Å²) >= 11 is 6.46. The Morgan fingerprint density at radius 1 is 1.17 bits per heavy atom. The normalized spacial score (nSPS) is 31.4. The van der Waals surface area contributed by atoms with Crippen molar-refractivity contribution in [3.63, 3.8) is 0 Å². The fourth-order valence-electron chi connectivity index (χ4n) is 7.76. The number of aryl methyl sites for hydroxylation is 1. The Balaban J connectivity index is 1.27. The third kappa shape index (κ3) is 6.67. The van der Waals surface area contributed by atoms with Crippen molar-refractivity contribution in [2.45, 2.75) is 75.2 Å². The number of carbonyl (C=O) groups excluding carboxylic acids is 1. The number of carbonyl (C=O) groups is 1. The Hall–Kier alpha value is -3.40. The van der Waals surface area contributed by atoms with E-state index in [0.29, 0.717) is 49.3 Å². The molecular weight excluding hydrogens is 632 g/mol. The van der Waals surface area contributed by atoms with Crippen LogP contribution in [0.4, 0.5) is 5.69 Å². The maximum atomic E-state index is 13.6. The molecule has 0 saturated heterocycles. The van der Waals surface area contributed by atoms with Gasteiger partial charge in [0.15, 0.2) is 5.82 Å². The molecule has 4 aliphatic rings. The first-order valence-corrected chi connectivity index (χ1v) is 18.9. The number of halogens is 1. The fraction of sp³-hybridized carbons (Fsp3) is 0.459. The number of hydrogen-bond acceptors (Lipinski definition) is 7. The van der Waals surface area contributed by atoms with E-state index in [1.54, 1.807) is 18.5 Å². The fourth-order valence-corrected chi connectivity index (χ4v) is 9.10. The second-order valence-corrected chi connectivity index (χ2v) is 16.6. The number of amides is 1. The smallest absolute Gasteiger partial charge is 0.262 e. The third-order valence-corrected chi connectivity index (χ3v) is 13.0. The van der Waals surface area contributed by atoms with Gasteiger partial charge in [0.1, 0.15) is 12.4 Å². The van der Waals surface area contributed by atoms with Crippen molar-refractivity contribution in [2.75, 3.05) is 24.6 Å². The predicted octanol–water partition coefficient (Wildman–Crippen LogP) is 6.31. The minimum absolute atomic E-state index is 0.106. The minimum Gasteiger partial charge on any atom is -0.490 e. The Labute approximate surface area is 283 Å². The van der Waals surface area contributed by atoms with E-state index in [4.69, 9.17) is 21.1 Å². The first-order valence-electron chi connectivity index (χ1n) is 16.7. The molecule has 1 aromatic heterocycles. The van der Waals surface area contributed by atoms with Crippen molar-refractivity contribution in [3.8, 4) is 5.75 Å². The summed E-state index contributed by atoms with van der Waals surface area (Å²) in [6.45, 7) is 4.32. The molecule has 1 fully saturated rings. The lowest BCUT2D eigenvalue weighted by Crippen LogP contribution is -2.49. The Kier molecular flexibility index (Phi) is 9.06. The monoisotopic (exact) mass is 674 g/mol. The zero-order chi connectivity index (χ0) is 32.6. The average Bonchev–Trinajstić information content (AvgIpc) is 3.20. The van der Waals surface area contributed by atoms with Crippen molar-refractivity contribution in [1.82, 2.24) is 14.7 Å². The average molecular weight is 675 g/mol. The van der Waals surface area contributed by atoms with Gasteiger partial charge in [0, 0.05) is 46.7 Å². The van der Waals surface area contributed by atoms with Crippen LogP contribution >= 0.6 is 11.6 Å². The van der Waals surface area contributed by atoms with Crippen LogP contribution in [0.1, 0.15) is 72.8 Å². The summed E-state index contributed by atoms with van der Waals surface area (Å²) in [7, 11) is -2.89. The lowest BCUT2D eigenvalue weighted by Gasteiger charge is -2.46. The van der Waals surface area contributed by atoms with Crippen LogP contribution < -0.4 is 14.4 Å². The highest BCUT2D eigenvalue weighted by atomic mass is 35.5. The molecule has 1 spiro atoms. The van der Waals surface area contributed by atoms with Gasteiger partial charge in [-0.05, 0) is 117 Å². The van der Waals surface area contributed by atoms with Crippen LogP contribution in [-0.2, 0) is 32.9 Å². The van der Waals surface area contributed by atoms with Gasteiger partial charge in [-0.3, -0.25) is 9.52 Å². The van der Waals surface area contributed by atoms with Crippen LogP contribution in [-0.4, -0.2) is 57.0 Å². The summed E-state index contributed by atoms with van der Waals surface area (Å²) in [6.07, 6.45) is 14.2. The van der Waals surface area contributed by atoms with E-state index < -0.39 is 9.71 Å². The van der Waals surface area contributed by atoms with Gasteiger partial charge in [-0.25, -0.2) is 14.2 Å². The first kappa shape index (κ1) is 32.2. The molecule has 2 aliphatic carbocycles. The topological polar surface area (TPSA) is 93.7 Å². The van der Waals surface area contributed by atoms with Crippen LogP contribution in [0.15, 0.2) is 67.0 Å². The molecular formula is C37H43ClN4O4S. The highest BCUT2D eigenvalue weighted by molar-refractivity contribution is 7.99. The molecule has 3 aromatic rings. The van der Waals surface area contributed by atoms with Gasteiger partial charge in [0.2, 0.25) is 0 Å². The Bertz CT molecular complexity index is 1770. The molecule has 2 bridgehead atoms. The summed E-state index contributed by atoms with van der Waals surface area (Å²) in [4.78, 5) is 24.7. The molecule has 1 saturated carbocycles. The van der Waals surface area contributed by atoms with Crippen molar-refractivity contribution in [3.05, 3.63) is 94.5 Å². The Morgan fingerprint density at radius 2 is 2.02 bits per heavy atom. The Morgan fingerprint density at radius 3 is 2.83 bits per heavy atom. The summed E-state index contributed by atoms with van der Waals surface area (Å²) in [5.74, 6) is 5.69. The largest absolute Gasteiger partial charge is 0.490 e. The number of nitrogens with one attached hydrogen (secondary N) is 1. The number of hydrogen-bond donors (Lipinski definition) is 1. The number of nitrogens with zero attached hydrogens (tertiary/aromatic N) is 3. The SMILES string of the molecule is C=S1(=O)NC(=O)c2ccc3c(c2)N(C[C@@H]2CC[C@H]2[C@@H](OCc2ncccn2)/C=C/CC[C@H]1C)C[C@@]1(CCCc2cc(Cl)ccc21)CO3. The summed E-state index contributed by atoms with van der Waals surface area (Å²) in [6, 6.07) is 13.7. The van der Waals surface area contributed by atoms with Crippen LogP contribution in [0.2, 0.25) is 5.02 Å². The number of rotatable bonds is 3. The van der Waals surface area contributed by atoms with Gasteiger partial charge in [0.25, 0.3) is 5.91 Å². The van der Waals surface area contributed by atoms with Crippen molar-refractivity contribution >= 4 is 38.8 Å². The minimum atomic E-state index is -2.89. The van der Waals surface area contributed by atoms with Crippen molar-refractivity contribution in [1.29, 1.82) is 0 Å². The van der Waals surface area contributed by atoms with E-state index in [1.165, 1.54) is 11.1 Å². The second-order valence-electron chi connectivity index (χ2n) is 13.7. The lowest BCUT2D eigenvalue weighted by molar-refractivity contribution is -0.0249. The molecule has 10 heteroatoms. The zero-order valence-corrected chi connectivity index (χ0v) is 28.5. The summed E-state index contributed by atoms with van der Waals surface area (Å²) in [5, 5.41) is 0.450. The molecule has 1 unspecified atom stereocenters. The number of allylic oxidation sites excluding steroid dienone is 1. The van der Waals surface area contributed by atoms with Crippen molar-refractivity contribution in [2.24, 2.45) is 11.8 Å². The van der Waals surface area contributed by atoms with Gasteiger partial charge in [0.05, 0.1) is 28.1 Å². The van der Waals surface area contributed by atoms with E-state index in [9.17, 15) is 9.00 Å². The number of benzene rings is 2. The number of anilines is 1. The molecule has 6 atom stereocenters. The zero-order valence-electron chi connectivity index (χ0n) is 26.9. The molecule has 3 heterocycles. The highest BCUT2D eigenvalue weighted by Crippen LogP contribution is 2.47. The van der Waals surface area contributed by atoms with Gasteiger partial charge in [-0.2, -0.15) is 0 Å². The van der Waals surface area contributed by atoms with Crippen LogP contribution in [0.3, 0.4) is 0 Å². The highest BCUT2D eigenvalue weighted by Gasteiger charge is 2.44. The van der Waals surface area contributed by atoms with E-state index in [-0.39, 0.29) is 22.7 Å². The first-order chi connectivity index (χ1) is 22.7. The molecule has 47 heavy (non-hydrogen) atoms. The molecule has 248 valence electrons. The molecule has 1 N–H and O–H groups in total. The van der Waals surface area contributed by atoms with Crippen LogP contribution in [0.5, 0.6) is 5.75 Å². The maximum absolute atomic E-state index is 13.6. The van der Waals surface area contributed by atoms with Crippen molar-refractivity contribution < 1.29 is 18.5 Å². The van der Waals surface area contributed by atoms with Gasteiger partial charge in [-0.15, -0.1) is 0 Å². The number of fused-ring (bicyclic) bond motifs is 4. The van der Waals surface area contributed by atoms with E-state index >= 15 is 0 Å². The van der Waals surface area contributed by atoms with Crippen LogP contribution in [0, 0.1) is 11.8 Å². The molecule has 2 aliphatic heterocycles. The third-order valence-electron chi connectivity index (χ3n) is 10.7. The van der Waals surface area contributed by atoms with Crippen LogP contribution in [0.25, 0.3) is 0 Å². The summed E-state index contributed by atoms with van der Waals surface area (Å²) in [5.41, 5.74) is 3.71. The van der Waals surface area contributed by atoms with Gasteiger partial charge >= 0.3 is 0 Å². The number of aromatic nitrogens is 2. The van der Waals surface area contributed by atoms with E-state index in [0.717, 1.165) is 61.7 Å². The molecule has 1 amide bonds. The van der Waals surface area contributed by atoms with Gasteiger partial charge in [-0.1, -0.05) is 29.8 Å². The number of ether oxygens (including phenoxy) is 2. The second kappa shape index (κ2) is 13.2. The standard InChI is InChI=1S/C37H43ClN4O4S/c1-25-7-3-4-9-33(45-22-35-39-17-6-18-40-35)30-13-10-28(30)21-42-23-37(16-5-8-26-19-29(38)12-14-31(26)37)24-46-34-15-11-27(20-32(34)42)36(43)41-47(25,2)44/h4,6,9,11-12,14-15,17-20,25,28,30,33H,2-3,5,7-8,10,13,16,21-24H2,1H3,(H,41,43,44)/b9-4+/t25-,28+,30-,33+,37+,47?/m1/s1. The molecule has 0 radical (unpaired) electrons. The van der Waals surface area contributed by atoms with Gasteiger partial charge < -0.3 is 14.4 Å².